The van der Waals surface area contributed by atoms with Crippen LogP contribution in [0.5, 0.6) is 0 Å². The molecule has 0 heterocycles. The lowest BCUT2D eigenvalue weighted by Crippen LogP contribution is -2.35. The molecule has 17 heavy (non-hydrogen) atoms. The number of carbonyl (C=O) groups is 1. The maximum Gasteiger partial charge on any atom is 0.335 e. The largest absolute Gasteiger partial charge is 0.479 e. The van der Waals surface area contributed by atoms with Gasteiger partial charge in [-0.3, -0.25) is 0 Å². The molecule has 1 rings (SSSR count). The number of carboxylic acids is 1. The molecular weight excluding hydrogens is 220 g/mol. The predicted octanol–water partition coefficient (Wildman–Crippen LogP) is 2.46. The van der Waals surface area contributed by atoms with Crippen LogP contribution in [-0.4, -0.2) is 36.5 Å². The molecule has 1 aliphatic carbocycles. The van der Waals surface area contributed by atoms with Gasteiger partial charge in [0.1, 0.15) is 0 Å². The number of ether oxygens (including phenoxy) is 2. The lowest BCUT2D eigenvalue weighted by Gasteiger charge is -2.31. The monoisotopic (exact) mass is 244 g/mol. The van der Waals surface area contributed by atoms with Crippen LogP contribution in [0.3, 0.4) is 0 Å². The highest BCUT2D eigenvalue weighted by Crippen LogP contribution is 2.29. The summed E-state index contributed by atoms with van der Waals surface area (Å²) in [5.41, 5.74) is 0. The average molecular weight is 244 g/mol. The number of hydrogen-bond donors (Lipinski definition) is 1. The van der Waals surface area contributed by atoms with Crippen LogP contribution in [0.25, 0.3) is 0 Å². The van der Waals surface area contributed by atoms with Gasteiger partial charge in [-0.1, -0.05) is 26.2 Å². The first-order valence-corrected chi connectivity index (χ1v) is 6.65. The number of carboxylic acid groups (broad SMARTS) is 1. The maximum absolute atomic E-state index is 10.9. The van der Waals surface area contributed by atoms with E-state index in [0.29, 0.717) is 12.5 Å². The Morgan fingerprint density at radius 3 is 2.65 bits per heavy atom. The second kappa shape index (κ2) is 7.67. The molecule has 0 saturated heterocycles. The Labute approximate surface area is 103 Å². The van der Waals surface area contributed by atoms with Crippen molar-refractivity contribution in [2.75, 3.05) is 13.2 Å². The normalized spacial score (nSPS) is 26.7. The second-order valence-corrected chi connectivity index (χ2v) is 4.61. The summed E-state index contributed by atoms with van der Waals surface area (Å²) in [7, 11) is 0. The number of rotatable bonds is 7. The van der Waals surface area contributed by atoms with E-state index >= 15 is 0 Å². The topological polar surface area (TPSA) is 55.8 Å². The molecule has 1 N–H and O–H groups in total. The highest BCUT2D eigenvalue weighted by atomic mass is 16.6. The molecule has 3 unspecified atom stereocenters. The van der Waals surface area contributed by atoms with Gasteiger partial charge in [-0.05, 0) is 25.7 Å². The summed E-state index contributed by atoms with van der Waals surface area (Å²) in [6.45, 7) is 4.54. The van der Waals surface area contributed by atoms with Crippen LogP contribution in [0, 0.1) is 5.92 Å². The van der Waals surface area contributed by atoms with Crippen molar-refractivity contribution >= 4 is 5.97 Å². The Morgan fingerprint density at radius 1 is 1.35 bits per heavy atom. The minimum Gasteiger partial charge on any atom is -0.479 e. The molecule has 0 spiro atoms. The molecule has 0 amide bonds. The van der Waals surface area contributed by atoms with Crippen LogP contribution in [0.4, 0.5) is 0 Å². The van der Waals surface area contributed by atoms with Gasteiger partial charge in [-0.25, -0.2) is 4.79 Å². The molecule has 0 aromatic rings. The smallest absolute Gasteiger partial charge is 0.335 e. The quantitative estimate of drug-likeness (QED) is 0.747. The summed E-state index contributed by atoms with van der Waals surface area (Å²) >= 11 is 0. The van der Waals surface area contributed by atoms with E-state index in [4.69, 9.17) is 14.6 Å². The van der Waals surface area contributed by atoms with Gasteiger partial charge in [0.2, 0.25) is 0 Å². The minimum absolute atomic E-state index is 0.171. The summed E-state index contributed by atoms with van der Waals surface area (Å²) in [5.74, 6) is -0.351. The standard InChI is InChI=1S/C13H24O4/c1-3-10-7-5-6-8-11(10)17-9-12(13(14)15)16-4-2/h10-12H,3-9H2,1-2H3,(H,14,15). The highest BCUT2D eigenvalue weighted by Gasteiger charge is 2.26. The molecule has 0 radical (unpaired) electrons. The SMILES string of the molecule is CCOC(COC1CCCCC1CC)C(=O)O. The summed E-state index contributed by atoms with van der Waals surface area (Å²) in [6, 6.07) is 0. The molecule has 100 valence electrons. The van der Waals surface area contributed by atoms with Crippen LogP contribution in [0.15, 0.2) is 0 Å². The van der Waals surface area contributed by atoms with Gasteiger partial charge in [0.25, 0.3) is 0 Å². The van der Waals surface area contributed by atoms with Crippen molar-refractivity contribution in [2.45, 2.75) is 58.2 Å². The molecule has 0 aromatic heterocycles. The van der Waals surface area contributed by atoms with Gasteiger partial charge >= 0.3 is 5.97 Å². The highest BCUT2D eigenvalue weighted by molar-refractivity contribution is 5.72. The van der Waals surface area contributed by atoms with Crippen LogP contribution in [0.2, 0.25) is 0 Å². The maximum atomic E-state index is 10.9. The van der Waals surface area contributed by atoms with Crippen molar-refractivity contribution in [1.29, 1.82) is 0 Å². The fourth-order valence-corrected chi connectivity index (χ4v) is 2.46. The number of aliphatic carboxylic acids is 1. The molecule has 0 aromatic carbocycles. The number of hydrogen-bond acceptors (Lipinski definition) is 3. The third kappa shape index (κ3) is 4.64. The molecule has 1 aliphatic rings. The molecule has 0 bridgehead atoms. The van der Waals surface area contributed by atoms with E-state index in [1.165, 1.54) is 19.3 Å². The zero-order valence-corrected chi connectivity index (χ0v) is 10.9. The van der Waals surface area contributed by atoms with E-state index in [1.54, 1.807) is 6.92 Å². The van der Waals surface area contributed by atoms with Gasteiger partial charge < -0.3 is 14.6 Å². The van der Waals surface area contributed by atoms with Crippen molar-refractivity contribution in [1.82, 2.24) is 0 Å². The van der Waals surface area contributed by atoms with Crippen LogP contribution < -0.4 is 0 Å². The molecule has 0 aliphatic heterocycles. The first-order chi connectivity index (χ1) is 8.19. The molecule has 1 saturated carbocycles. The van der Waals surface area contributed by atoms with Crippen molar-refractivity contribution in [3.63, 3.8) is 0 Å². The molecule has 4 heteroatoms. The molecule has 1 fully saturated rings. The Hall–Kier alpha value is -0.610. The summed E-state index contributed by atoms with van der Waals surface area (Å²) in [4.78, 5) is 10.9. The van der Waals surface area contributed by atoms with E-state index in [-0.39, 0.29) is 12.7 Å². The van der Waals surface area contributed by atoms with Crippen LogP contribution in [0.1, 0.15) is 46.0 Å². The molecule has 3 atom stereocenters. The van der Waals surface area contributed by atoms with Crippen molar-refractivity contribution in [3.8, 4) is 0 Å². The predicted molar refractivity (Wildman–Crippen MR) is 65.0 cm³/mol. The third-order valence-corrected chi connectivity index (χ3v) is 3.47. The third-order valence-electron chi connectivity index (χ3n) is 3.47. The van der Waals surface area contributed by atoms with E-state index in [0.717, 1.165) is 12.8 Å². The summed E-state index contributed by atoms with van der Waals surface area (Å²) in [6.07, 6.45) is 5.22. The van der Waals surface area contributed by atoms with Gasteiger partial charge in [0.15, 0.2) is 6.10 Å². The Bertz CT molecular complexity index is 229. The van der Waals surface area contributed by atoms with Crippen molar-refractivity contribution in [3.05, 3.63) is 0 Å². The fourth-order valence-electron chi connectivity index (χ4n) is 2.46. The molecular formula is C13H24O4. The zero-order chi connectivity index (χ0) is 12.7. The van der Waals surface area contributed by atoms with E-state index in [9.17, 15) is 4.79 Å². The van der Waals surface area contributed by atoms with Gasteiger partial charge in [-0.15, -0.1) is 0 Å². The van der Waals surface area contributed by atoms with Gasteiger partial charge in [-0.2, -0.15) is 0 Å². The van der Waals surface area contributed by atoms with Crippen LogP contribution >= 0.6 is 0 Å². The zero-order valence-electron chi connectivity index (χ0n) is 10.9. The Balaban J connectivity index is 2.38. The average Bonchev–Trinajstić information content (AvgIpc) is 2.34. The van der Waals surface area contributed by atoms with Crippen molar-refractivity contribution in [2.24, 2.45) is 5.92 Å². The van der Waals surface area contributed by atoms with E-state index in [1.807, 2.05) is 0 Å². The van der Waals surface area contributed by atoms with Gasteiger partial charge in [0, 0.05) is 6.61 Å². The summed E-state index contributed by atoms with van der Waals surface area (Å²) in [5, 5.41) is 8.95. The fraction of sp³-hybridized carbons (Fsp3) is 0.923. The van der Waals surface area contributed by atoms with Crippen molar-refractivity contribution < 1.29 is 19.4 Å². The Kier molecular flexibility index (Phi) is 6.52. The molecule has 4 nitrogen and oxygen atoms in total. The minimum atomic E-state index is -0.935. The van der Waals surface area contributed by atoms with Gasteiger partial charge in [0.05, 0.1) is 12.7 Å². The van der Waals surface area contributed by atoms with E-state index < -0.39 is 12.1 Å². The second-order valence-electron chi connectivity index (χ2n) is 4.61. The summed E-state index contributed by atoms with van der Waals surface area (Å²) < 4.78 is 10.9. The Morgan fingerprint density at radius 2 is 2.06 bits per heavy atom. The van der Waals surface area contributed by atoms with Crippen LogP contribution in [-0.2, 0) is 14.3 Å². The van der Waals surface area contributed by atoms with E-state index in [2.05, 4.69) is 6.92 Å². The first kappa shape index (κ1) is 14.5. The first-order valence-electron chi connectivity index (χ1n) is 6.65. The lowest BCUT2D eigenvalue weighted by molar-refractivity contribution is -0.157. The lowest BCUT2D eigenvalue weighted by atomic mass is 9.85.